The van der Waals surface area contributed by atoms with Crippen molar-refractivity contribution in [1.29, 1.82) is 0 Å². The lowest BCUT2D eigenvalue weighted by Crippen LogP contribution is -2.46. The van der Waals surface area contributed by atoms with Crippen LogP contribution in [0.2, 0.25) is 0 Å². The van der Waals surface area contributed by atoms with E-state index in [0.29, 0.717) is 18.0 Å². The summed E-state index contributed by atoms with van der Waals surface area (Å²) in [4.78, 5) is 9.04. The smallest absolute Gasteiger partial charge is 0.387 e. The highest BCUT2D eigenvalue weighted by Crippen LogP contribution is 2.29. The molecule has 1 aromatic heterocycles. The third kappa shape index (κ3) is 4.43. The van der Waals surface area contributed by atoms with E-state index in [2.05, 4.69) is 56.7 Å². The van der Waals surface area contributed by atoms with Gasteiger partial charge in [0.1, 0.15) is 5.75 Å². The molecule has 0 unspecified atom stereocenters. The molecule has 0 radical (unpaired) electrons. The van der Waals surface area contributed by atoms with Crippen molar-refractivity contribution < 1.29 is 18.0 Å². The molecule has 2 aromatic carbocycles. The van der Waals surface area contributed by atoms with Gasteiger partial charge in [-0.2, -0.15) is 13.8 Å². The number of benzene rings is 2. The van der Waals surface area contributed by atoms with Crippen LogP contribution in [0.4, 0.5) is 14.5 Å². The zero-order valence-electron chi connectivity index (χ0n) is 17.0. The number of ether oxygens (including phenoxy) is 1. The summed E-state index contributed by atoms with van der Waals surface area (Å²) in [6, 6.07) is 12.8. The van der Waals surface area contributed by atoms with E-state index in [1.54, 1.807) is 18.2 Å². The van der Waals surface area contributed by atoms with Crippen LogP contribution in [0.3, 0.4) is 0 Å². The fourth-order valence-electron chi connectivity index (χ4n) is 3.69. The van der Waals surface area contributed by atoms with Crippen molar-refractivity contribution in [2.45, 2.75) is 27.0 Å². The molecular weight excluding hydrogens is 390 g/mol. The molecule has 4 rings (SSSR count). The van der Waals surface area contributed by atoms with Gasteiger partial charge in [0.15, 0.2) is 0 Å². The van der Waals surface area contributed by atoms with Crippen molar-refractivity contribution in [3.05, 3.63) is 59.5 Å². The van der Waals surface area contributed by atoms with Gasteiger partial charge in [-0.3, -0.25) is 4.90 Å². The summed E-state index contributed by atoms with van der Waals surface area (Å²) in [7, 11) is 0. The monoisotopic (exact) mass is 414 g/mol. The molecule has 30 heavy (non-hydrogen) atoms. The van der Waals surface area contributed by atoms with Crippen molar-refractivity contribution in [1.82, 2.24) is 15.0 Å². The van der Waals surface area contributed by atoms with Gasteiger partial charge in [0.05, 0.1) is 12.1 Å². The number of anilines is 1. The summed E-state index contributed by atoms with van der Waals surface area (Å²) in [5, 5.41) is 3.96. The van der Waals surface area contributed by atoms with Crippen LogP contribution in [0.25, 0.3) is 11.4 Å². The van der Waals surface area contributed by atoms with Gasteiger partial charge in [-0.25, -0.2) is 0 Å². The summed E-state index contributed by atoms with van der Waals surface area (Å²) in [6.07, 6.45) is 0. The Labute approximate surface area is 174 Å². The number of nitrogens with zero attached hydrogens (tertiary/aromatic N) is 4. The Morgan fingerprint density at radius 3 is 2.57 bits per heavy atom. The normalized spacial score (nSPS) is 15.0. The van der Waals surface area contributed by atoms with Crippen molar-refractivity contribution in [2.24, 2.45) is 0 Å². The maximum atomic E-state index is 12.6. The van der Waals surface area contributed by atoms with Gasteiger partial charge in [0, 0.05) is 31.9 Å². The van der Waals surface area contributed by atoms with E-state index in [-0.39, 0.29) is 11.6 Å². The Bertz CT molecular complexity index is 1000. The molecule has 0 spiro atoms. The minimum atomic E-state index is -2.91. The average molecular weight is 414 g/mol. The molecule has 0 bridgehead atoms. The fraction of sp³-hybridized carbons (Fsp3) is 0.364. The zero-order chi connectivity index (χ0) is 21.1. The zero-order valence-corrected chi connectivity index (χ0v) is 17.0. The lowest BCUT2D eigenvalue weighted by Gasteiger charge is -2.36. The Kier molecular flexibility index (Phi) is 5.94. The van der Waals surface area contributed by atoms with Gasteiger partial charge in [-0.1, -0.05) is 29.4 Å². The Balaban J connectivity index is 1.39. The van der Waals surface area contributed by atoms with Crippen molar-refractivity contribution in [3.63, 3.8) is 0 Å². The van der Waals surface area contributed by atoms with E-state index < -0.39 is 6.61 Å². The molecule has 2 heterocycles. The van der Waals surface area contributed by atoms with E-state index in [0.717, 1.165) is 26.2 Å². The first-order chi connectivity index (χ1) is 14.5. The molecular formula is C22H24F2N4O2. The number of halogens is 2. The molecule has 6 nitrogen and oxygen atoms in total. The number of alkyl halides is 2. The quantitative estimate of drug-likeness (QED) is 0.600. The number of hydrogen-bond acceptors (Lipinski definition) is 6. The molecule has 1 saturated heterocycles. The van der Waals surface area contributed by atoms with Crippen LogP contribution in [0.5, 0.6) is 5.75 Å². The summed E-state index contributed by atoms with van der Waals surface area (Å²) in [6.45, 7) is 5.47. The van der Waals surface area contributed by atoms with Crippen LogP contribution in [0.15, 0.2) is 47.0 Å². The number of aromatic nitrogens is 2. The molecule has 1 fully saturated rings. The molecule has 8 heteroatoms. The largest absolute Gasteiger partial charge is 0.434 e. The van der Waals surface area contributed by atoms with E-state index in [9.17, 15) is 8.78 Å². The molecule has 0 amide bonds. The van der Waals surface area contributed by atoms with Gasteiger partial charge in [-0.15, -0.1) is 0 Å². The second kappa shape index (κ2) is 8.79. The van der Waals surface area contributed by atoms with Crippen LogP contribution in [0.1, 0.15) is 17.0 Å². The second-order valence-electron chi connectivity index (χ2n) is 7.37. The van der Waals surface area contributed by atoms with E-state index >= 15 is 0 Å². The molecule has 1 aliphatic rings. The van der Waals surface area contributed by atoms with Crippen LogP contribution < -0.4 is 9.64 Å². The van der Waals surface area contributed by atoms with Crippen LogP contribution >= 0.6 is 0 Å². The number of hydrogen-bond donors (Lipinski definition) is 0. The summed E-state index contributed by atoms with van der Waals surface area (Å²) >= 11 is 0. The minimum absolute atomic E-state index is 0.0296. The highest BCUT2D eigenvalue weighted by atomic mass is 19.3. The van der Waals surface area contributed by atoms with Crippen LogP contribution in [-0.4, -0.2) is 47.8 Å². The topological polar surface area (TPSA) is 54.6 Å². The van der Waals surface area contributed by atoms with Crippen LogP contribution in [0, 0.1) is 13.8 Å². The molecule has 0 aliphatic carbocycles. The molecule has 3 aromatic rings. The first kappa shape index (κ1) is 20.3. The lowest BCUT2D eigenvalue weighted by molar-refractivity contribution is -0.0494. The van der Waals surface area contributed by atoms with E-state index in [1.807, 2.05) is 0 Å². The summed E-state index contributed by atoms with van der Waals surface area (Å²) in [5.74, 6) is 0.731. The number of rotatable bonds is 6. The fourth-order valence-corrected chi connectivity index (χ4v) is 3.69. The van der Waals surface area contributed by atoms with Gasteiger partial charge in [0.25, 0.3) is 0 Å². The van der Waals surface area contributed by atoms with E-state index in [4.69, 9.17) is 4.52 Å². The SMILES string of the molecule is Cc1cccc(N2CCN(Cc3nc(-c4ccccc4OC(F)F)no3)CC2)c1C. The van der Waals surface area contributed by atoms with E-state index in [1.165, 1.54) is 22.9 Å². The van der Waals surface area contributed by atoms with Crippen molar-refractivity contribution in [2.75, 3.05) is 31.1 Å². The number of piperazine rings is 1. The van der Waals surface area contributed by atoms with Gasteiger partial charge < -0.3 is 14.2 Å². The first-order valence-corrected chi connectivity index (χ1v) is 9.91. The third-order valence-corrected chi connectivity index (χ3v) is 5.46. The minimum Gasteiger partial charge on any atom is -0.434 e. The highest BCUT2D eigenvalue weighted by Gasteiger charge is 2.22. The molecule has 0 N–H and O–H groups in total. The highest BCUT2D eigenvalue weighted by molar-refractivity contribution is 5.63. The number of para-hydroxylation sites is 1. The molecule has 0 saturated carbocycles. The van der Waals surface area contributed by atoms with Crippen LogP contribution in [-0.2, 0) is 6.54 Å². The standard InChI is InChI=1S/C22H24F2N4O2/c1-15-6-5-8-18(16(15)2)28-12-10-27(11-13-28)14-20-25-21(26-30-20)17-7-3-4-9-19(17)29-22(23)24/h3-9,22H,10-14H2,1-2H3. The predicted octanol–water partition coefficient (Wildman–Crippen LogP) is 4.28. The lowest BCUT2D eigenvalue weighted by atomic mass is 10.1. The predicted molar refractivity (Wildman–Crippen MR) is 110 cm³/mol. The maximum absolute atomic E-state index is 12.6. The first-order valence-electron chi connectivity index (χ1n) is 9.91. The van der Waals surface area contributed by atoms with Gasteiger partial charge in [-0.05, 0) is 43.2 Å². The third-order valence-electron chi connectivity index (χ3n) is 5.46. The second-order valence-corrected chi connectivity index (χ2v) is 7.37. The summed E-state index contributed by atoms with van der Waals surface area (Å²) < 4.78 is 35.2. The Hall–Kier alpha value is -3.00. The summed E-state index contributed by atoms with van der Waals surface area (Å²) in [5.41, 5.74) is 4.28. The molecule has 1 aliphatic heterocycles. The van der Waals surface area contributed by atoms with Gasteiger partial charge >= 0.3 is 6.61 Å². The average Bonchev–Trinajstić information content (AvgIpc) is 3.19. The molecule has 0 atom stereocenters. The Morgan fingerprint density at radius 1 is 1.03 bits per heavy atom. The molecule has 158 valence electrons. The number of aryl methyl sites for hydroxylation is 1. The van der Waals surface area contributed by atoms with Crippen molar-refractivity contribution in [3.8, 4) is 17.1 Å². The van der Waals surface area contributed by atoms with Crippen molar-refractivity contribution >= 4 is 5.69 Å². The van der Waals surface area contributed by atoms with Gasteiger partial charge in [0.2, 0.25) is 11.7 Å². The Morgan fingerprint density at radius 2 is 1.80 bits per heavy atom. The maximum Gasteiger partial charge on any atom is 0.387 e.